The third kappa shape index (κ3) is 2.91. The van der Waals surface area contributed by atoms with E-state index in [0.717, 1.165) is 15.2 Å². The summed E-state index contributed by atoms with van der Waals surface area (Å²) in [5.74, 6) is -1.57. The van der Waals surface area contributed by atoms with Crippen molar-refractivity contribution in [2.45, 2.75) is 12.3 Å². The van der Waals surface area contributed by atoms with Crippen LogP contribution in [0.1, 0.15) is 16.5 Å². The minimum atomic E-state index is -0.887. The maximum atomic E-state index is 11.6. The summed E-state index contributed by atoms with van der Waals surface area (Å²) < 4.78 is 1.07. The van der Waals surface area contributed by atoms with Gasteiger partial charge in [0.2, 0.25) is 0 Å². The van der Waals surface area contributed by atoms with Gasteiger partial charge in [-0.15, -0.1) is 11.3 Å². The third-order valence-corrected chi connectivity index (χ3v) is 4.70. The van der Waals surface area contributed by atoms with Crippen LogP contribution in [0.2, 0.25) is 5.02 Å². The number of thiazole rings is 1. The van der Waals surface area contributed by atoms with E-state index in [1.807, 2.05) is 24.3 Å². The molecule has 0 aliphatic rings. The van der Waals surface area contributed by atoms with Gasteiger partial charge in [0, 0.05) is 11.4 Å². The molecule has 0 fully saturated rings. The van der Waals surface area contributed by atoms with Crippen LogP contribution in [0.5, 0.6) is 0 Å². The normalized spacial score (nSPS) is 12.4. The molecule has 21 heavy (non-hydrogen) atoms. The van der Waals surface area contributed by atoms with Gasteiger partial charge in [-0.25, -0.2) is 4.98 Å². The number of hydrogen-bond donors (Lipinski definition) is 1. The lowest BCUT2D eigenvalue weighted by atomic mass is 9.96. The van der Waals surface area contributed by atoms with Crippen molar-refractivity contribution in [3.63, 3.8) is 0 Å². The molecule has 0 amide bonds. The van der Waals surface area contributed by atoms with E-state index >= 15 is 0 Å². The number of hydrogen-bond acceptors (Lipinski definition) is 3. The fraction of sp³-hybridized carbons (Fsp3) is 0.125. The summed E-state index contributed by atoms with van der Waals surface area (Å²) in [5.41, 5.74) is 1.53. The van der Waals surface area contributed by atoms with Gasteiger partial charge in [-0.3, -0.25) is 4.79 Å². The van der Waals surface area contributed by atoms with Crippen LogP contribution in [-0.4, -0.2) is 16.1 Å². The minimum absolute atomic E-state index is 0.346. The van der Waals surface area contributed by atoms with Gasteiger partial charge in [-0.2, -0.15) is 0 Å². The molecule has 3 rings (SSSR count). The molecule has 1 unspecified atom stereocenters. The quantitative estimate of drug-likeness (QED) is 0.777. The predicted octanol–water partition coefficient (Wildman–Crippen LogP) is 4.36. The van der Waals surface area contributed by atoms with Crippen molar-refractivity contribution in [1.29, 1.82) is 0 Å². The molecule has 0 saturated heterocycles. The third-order valence-electron chi connectivity index (χ3n) is 3.30. The molecule has 2 aromatic carbocycles. The fourth-order valence-electron chi connectivity index (χ4n) is 2.27. The van der Waals surface area contributed by atoms with Gasteiger partial charge in [0.05, 0.1) is 21.1 Å². The lowest BCUT2D eigenvalue weighted by Gasteiger charge is -2.12. The standard InChI is InChI=1S/C16H12ClNO2S/c17-12-6-2-1-5-10(12)11(16(19)20)9-15-18-13-7-3-4-8-14(13)21-15/h1-8,11H,9H2,(H,19,20). The highest BCUT2D eigenvalue weighted by Gasteiger charge is 2.24. The summed E-state index contributed by atoms with van der Waals surface area (Å²) in [6.45, 7) is 0. The van der Waals surface area contributed by atoms with E-state index < -0.39 is 11.9 Å². The zero-order chi connectivity index (χ0) is 14.8. The summed E-state index contributed by atoms with van der Waals surface area (Å²) in [7, 11) is 0. The molecule has 0 saturated carbocycles. The maximum absolute atomic E-state index is 11.6. The first-order valence-corrected chi connectivity index (χ1v) is 7.66. The zero-order valence-corrected chi connectivity index (χ0v) is 12.6. The van der Waals surface area contributed by atoms with Crippen molar-refractivity contribution >= 4 is 39.1 Å². The van der Waals surface area contributed by atoms with E-state index in [1.54, 1.807) is 24.3 Å². The van der Waals surface area contributed by atoms with Crippen molar-refractivity contribution < 1.29 is 9.90 Å². The summed E-state index contributed by atoms with van der Waals surface area (Å²) in [4.78, 5) is 16.1. The molecule has 5 heteroatoms. The average molecular weight is 318 g/mol. The highest BCUT2D eigenvalue weighted by molar-refractivity contribution is 7.18. The SMILES string of the molecule is O=C(O)C(Cc1nc2ccccc2s1)c1ccccc1Cl. The number of carbonyl (C=O) groups is 1. The molecule has 3 nitrogen and oxygen atoms in total. The second-order valence-electron chi connectivity index (χ2n) is 4.69. The minimum Gasteiger partial charge on any atom is -0.481 e. The second-order valence-corrected chi connectivity index (χ2v) is 6.21. The first-order valence-electron chi connectivity index (χ1n) is 6.47. The molecule has 1 aromatic heterocycles. The highest BCUT2D eigenvalue weighted by Crippen LogP contribution is 2.30. The van der Waals surface area contributed by atoms with Gasteiger partial charge < -0.3 is 5.11 Å². The van der Waals surface area contributed by atoms with Crippen LogP contribution in [0.4, 0.5) is 0 Å². The van der Waals surface area contributed by atoms with Crippen LogP contribution in [0.3, 0.4) is 0 Å². The van der Waals surface area contributed by atoms with Crippen LogP contribution in [0.15, 0.2) is 48.5 Å². The molecule has 106 valence electrons. The maximum Gasteiger partial charge on any atom is 0.311 e. The first-order chi connectivity index (χ1) is 10.1. The molecule has 0 spiro atoms. The van der Waals surface area contributed by atoms with Crippen molar-refractivity contribution in [2.75, 3.05) is 0 Å². The molecule has 1 heterocycles. The van der Waals surface area contributed by atoms with Crippen molar-refractivity contribution in [1.82, 2.24) is 4.98 Å². The number of aliphatic carboxylic acids is 1. The number of nitrogens with zero attached hydrogens (tertiary/aromatic N) is 1. The van der Waals surface area contributed by atoms with Crippen molar-refractivity contribution in [3.05, 3.63) is 64.1 Å². The summed E-state index contributed by atoms with van der Waals surface area (Å²) in [6, 6.07) is 14.9. The van der Waals surface area contributed by atoms with Crippen LogP contribution >= 0.6 is 22.9 Å². The number of benzene rings is 2. The number of carboxylic acid groups (broad SMARTS) is 1. The van der Waals surface area contributed by atoms with E-state index in [-0.39, 0.29) is 0 Å². The Kier molecular flexibility index (Phi) is 3.90. The van der Waals surface area contributed by atoms with Gasteiger partial charge in [-0.05, 0) is 23.8 Å². The molecular weight excluding hydrogens is 306 g/mol. The molecular formula is C16H12ClNO2S. The lowest BCUT2D eigenvalue weighted by Crippen LogP contribution is -2.14. The molecule has 0 aliphatic carbocycles. The van der Waals surface area contributed by atoms with Crippen LogP contribution < -0.4 is 0 Å². The van der Waals surface area contributed by atoms with Gasteiger partial charge >= 0.3 is 5.97 Å². The van der Waals surface area contributed by atoms with Crippen molar-refractivity contribution in [2.24, 2.45) is 0 Å². The number of aromatic nitrogens is 1. The Labute approximate surface area is 130 Å². The number of halogens is 1. The Bertz CT molecular complexity index is 767. The second kappa shape index (κ2) is 5.84. The molecule has 0 radical (unpaired) electrons. The Hall–Kier alpha value is -1.91. The Morgan fingerprint density at radius 1 is 1.19 bits per heavy atom. The van der Waals surface area contributed by atoms with Gasteiger partial charge in [0.15, 0.2) is 0 Å². The number of fused-ring (bicyclic) bond motifs is 1. The van der Waals surface area contributed by atoms with Gasteiger partial charge in [-0.1, -0.05) is 41.9 Å². The van der Waals surface area contributed by atoms with E-state index in [2.05, 4.69) is 4.98 Å². The number of rotatable bonds is 4. The molecule has 1 N–H and O–H groups in total. The molecule has 0 bridgehead atoms. The Morgan fingerprint density at radius 3 is 2.62 bits per heavy atom. The summed E-state index contributed by atoms with van der Waals surface area (Å²) in [6.07, 6.45) is 0.346. The van der Waals surface area contributed by atoms with Crippen LogP contribution in [0, 0.1) is 0 Å². The topological polar surface area (TPSA) is 50.2 Å². The lowest BCUT2D eigenvalue weighted by molar-refractivity contribution is -0.138. The number of carboxylic acids is 1. The molecule has 3 aromatic rings. The van der Waals surface area contributed by atoms with Gasteiger partial charge in [0.1, 0.15) is 0 Å². The number of para-hydroxylation sites is 1. The van der Waals surface area contributed by atoms with Crippen LogP contribution in [0.25, 0.3) is 10.2 Å². The summed E-state index contributed by atoms with van der Waals surface area (Å²) in [5, 5.41) is 10.8. The predicted molar refractivity (Wildman–Crippen MR) is 85.2 cm³/mol. The largest absolute Gasteiger partial charge is 0.481 e. The highest BCUT2D eigenvalue weighted by atomic mass is 35.5. The smallest absolute Gasteiger partial charge is 0.311 e. The van der Waals surface area contributed by atoms with Crippen molar-refractivity contribution in [3.8, 4) is 0 Å². The zero-order valence-electron chi connectivity index (χ0n) is 11.0. The first kappa shape index (κ1) is 14.0. The summed E-state index contributed by atoms with van der Waals surface area (Å²) >= 11 is 7.65. The monoisotopic (exact) mass is 317 g/mol. The van der Waals surface area contributed by atoms with E-state index in [0.29, 0.717) is 17.0 Å². The van der Waals surface area contributed by atoms with E-state index in [4.69, 9.17) is 11.6 Å². The van der Waals surface area contributed by atoms with E-state index in [9.17, 15) is 9.90 Å². The van der Waals surface area contributed by atoms with Gasteiger partial charge in [0.25, 0.3) is 0 Å². The fourth-order valence-corrected chi connectivity index (χ4v) is 3.55. The van der Waals surface area contributed by atoms with E-state index in [1.165, 1.54) is 11.3 Å². The molecule has 0 aliphatic heterocycles. The average Bonchev–Trinajstić information content (AvgIpc) is 2.88. The Balaban J connectivity index is 1.96. The molecule has 1 atom stereocenters. The Morgan fingerprint density at radius 2 is 1.90 bits per heavy atom. The van der Waals surface area contributed by atoms with Crippen LogP contribution in [-0.2, 0) is 11.2 Å².